The first-order valence-corrected chi connectivity index (χ1v) is 13.1. The van der Waals surface area contributed by atoms with Crippen LogP contribution in [-0.4, -0.2) is 64.9 Å². The lowest BCUT2D eigenvalue weighted by molar-refractivity contribution is -0.148. The van der Waals surface area contributed by atoms with Gasteiger partial charge in [-0.3, -0.25) is 14.4 Å². The van der Waals surface area contributed by atoms with Crippen LogP contribution < -0.4 is 10.6 Å². The number of thiol groups is 1. The maximum atomic E-state index is 14.0. The molecule has 3 amide bonds. The van der Waals surface area contributed by atoms with E-state index >= 15 is 0 Å². The van der Waals surface area contributed by atoms with E-state index in [1.54, 1.807) is 27.7 Å². The number of ether oxygens (including phenoxy) is 2. The molecule has 0 saturated heterocycles. The lowest BCUT2D eigenvalue weighted by atomic mass is 9.90. The van der Waals surface area contributed by atoms with E-state index in [4.69, 9.17) is 9.47 Å². The number of hydrogen-bond donors (Lipinski definition) is 3. The Bertz CT molecular complexity index is 948. The molecule has 1 aromatic rings. The van der Waals surface area contributed by atoms with Crippen LogP contribution in [0.5, 0.6) is 0 Å². The molecule has 0 radical (unpaired) electrons. The highest BCUT2D eigenvalue weighted by molar-refractivity contribution is 7.80. The van der Waals surface area contributed by atoms with Crippen LogP contribution in [0.4, 0.5) is 4.79 Å². The molecule has 1 aromatic carbocycles. The second kappa shape index (κ2) is 13.7. The minimum Gasteiger partial charge on any atom is -0.466 e. The molecule has 2 unspecified atom stereocenters. The number of nitrogens with one attached hydrogen (secondary N) is 2. The van der Waals surface area contributed by atoms with Crippen molar-refractivity contribution in [3.8, 4) is 0 Å². The van der Waals surface area contributed by atoms with Gasteiger partial charge in [-0.05, 0) is 79.0 Å². The third-order valence-electron chi connectivity index (χ3n) is 5.39. The minimum absolute atomic E-state index is 0.00197. The van der Waals surface area contributed by atoms with Crippen molar-refractivity contribution in [3.05, 3.63) is 34.9 Å². The van der Waals surface area contributed by atoms with Gasteiger partial charge in [-0.25, -0.2) is 4.79 Å². The summed E-state index contributed by atoms with van der Waals surface area (Å²) in [5.41, 5.74) is 0.753. The lowest BCUT2D eigenvalue weighted by Crippen LogP contribution is -2.59. The molecule has 37 heavy (non-hydrogen) atoms. The smallest absolute Gasteiger partial charge is 0.408 e. The van der Waals surface area contributed by atoms with Crippen molar-refractivity contribution in [2.75, 3.05) is 18.9 Å². The second-order valence-electron chi connectivity index (χ2n) is 10.8. The molecule has 0 aliphatic carbocycles. The maximum absolute atomic E-state index is 14.0. The summed E-state index contributed by atoms with van der Waals surface area (Å²) in [6.45, 7) is 16.4. The van der Waals surface area contributed by atoms with Gasteiger partial charge in [0.05, 0.1) is 13.0 Å². The van der Waals surface area contributed by atoms with Crippen LogP contribution in [0.2, 0.25) is 0 Å². The topological polar surface area (TPSA) is 114 Å². The Morgan fingerprint density at radius 1 is 1.03 bits per heavy atom. The monoisotopic (exact) mass is 537 g/mol. The summed E-state index contributed by atoms with van der Waals surface area (Å²) in [7, 11) is 0. The molecule has 0 aliphatic heterocycles. The van der Waals surface area contributed by atoms with E-state index in [9.17, 15) is 19.2 Å². The highest BCUT2D eigenvalue weighted by atomic mass is 32.1. The zero-order valence-electron chi connectivity index (χ0n) is 23.6. The molecule has 208 valence electrons. The van der Waals surface area contributed by atoms with E-state index < -0.39 is 47.1 Å². The van der Waals surface area contributed by atoms with Crippen molar-refractivity contribution in [3.63, 3.8) is 0 Å². The number of hydrogen-bond acceptors (Lipinski definition) is 7. The second-order valence-corrected chi connectivity index (χ2v) is 11.2. The molecule has 0 aliphatic rings. The van der Waals surface area contributed by atoms with Crippen LogP contribution >= 0.6 is 12.6 Å². The largest absolute Gasteiger partial charge is 0.466 e. The average Bonchev–Trinajstić information content (AvgIpc) is 2.74. The Morgan fingerprint density at radius 2 is 1.59 bits per heavy atom. The molecule has 0 spiro atoms. The molecule has 0 bridgehead atoms. The Morgan fingerprint density at radius 3 is 2.05 bits per heavy atom. The number of benzene rings is 1. The molecule has 2 N–H and O–H groups in total. The molecule has 2 atom stereocenters. The van der Waals surface area contributed by atoms with Gasteiger partial charge in [-0.2, -0.15) is 12.6 Å². The molecule has 0 saturated carbocycles. The zero-order chi connectivity index (χ0) is 28.6. The Hall–Kier alpha value is -2.75. The summed E-state index contributed by atoms with van der Waals surface area (Å²) in [6, 6.07) is 3.56. The molecular formula is C27H43N3O6S. The van der Waals surface area contributed by atoms with Crippen LogP contribution in [0.25, 0.3) is 0 Å². The van der Waals surface area contributed by atoms with Gasteiger partial charge in [0.1, 0.15) is 17.7 Å². The third kappa shape index (κ3) is 9.91. The van der Waals surface area contributed by atoms with Crippen LogP contribution in [0.15, 0.2) is 18.2 Å². The van der Waals surface area contributed by atoms with Crippen molar-refractivity contribution in [2.45, 2.75) is 92.0 Å². The van der Waals surface area contributed by atoms with Crippen LogP contribution in [0.1, 0.15) is 77.6 Å². The first-order valence-electron chi connectivity index (χ1n) is 12.5. The number of rotatable bonds is 10. The highest BCUT2D eigenvalue weighted by Gasteiger charge is 2.42. The van der Waals surface area contributed by atoms with E-state index in [1.807, 2.05) is 52.8 Å². The van der Waals surface area contributed by atoms with Gasteiger partial charge in [0, 0.05) is 17.8 Å². The van der Waals surface area contributed by atoms with Crippen molar-refractivity contribution < 1.29 is 28.7 Å². The molecule has 1 rings (SSSR count). The highest BCUT2D eigenvalue weighted by Crippen LogP contribution is 2.33. The third-order valence-corrected chi connectivity index (χ3v) is 5.75. The summed E-state index contributed by atoms with van der Waals surface area (Å²) in [5, 5.41) is 5.40. The standard InChI is InChI=1S/C27H43N3O6S/c1-10-35-20(31)14-15-28-23(32)22(21-17(2)12-11-13-18(21)3)30(26(4,5)6)24(33)19(16-37)29-25(34)36-27(7,8)9/h11-13,19,22,37H,10,14-16H2,1-9H3,(H,28,32)(H,29,34). The van der Waals surface area contributed by atoms with Gasteiger partial charge >= 0.3 is 12.1 Å². The number of carbonyl (C=O) groups excluding carboxylic acids is 4. The molecule has 9 nitrogen and oxygen atoms in total. The maximum Gasteiger partial charge on any atom is 0.408 e. The Kier molecular flexibility index (Phi) is 11.9. The first-order chi connectivity index (χ1) is 17.0. The van der Waals surface area contributed by atoms with E-state index in [1.165, 1.54) is 4.90 Å². The van der Waals surface area contributed by atoms with Crippen molar-refractivity contribution >= 4 is 36.5 Å². The molecule has 0 heterocycles. The fraction of sp³-hybridized carbons (Fsp3) is 0.630. The number of alkyl carbamates (subject to hydrolysis) is 1. The molecule has 0 fully saturated rings. The predicted octanol–water partition coefficient (Wildman–Crippen LogP) is 3.86. The summed E-state index contributed by atoms with van der Waals surface area (Å²) in [5.74, 6) is -1.36. The van der Waals surface area contributed by atoms with Crippen molar-refractivity contribution in [1.29, 1.82) is 0 Å². The van der Waals surface area contributed by atoms with Gasteiger partial charge in [-0.1, -0.05) is 18.2 Å². The zero-order valence-corrected chi connectivity index (χ0v) is 24.5. The number of amides is 3. The van der Waals surface area contributed by atoms with E-state index in [2.05, 4.69) is 23.3 Å². The van der Waals surface area contributed by atoms with Gasteiger partial charge in [-0.15, -0.1) is 0 Å². The Balaban J connectivity index is 3.48. The fourth-order valence-electron chi connectivity index (χ4n) is 3.90. The summed E-state index contributed by atoms with van der Waals surface area (Å²) in [6.07, 6.45) is -0.751. The minimum atomic E-state index is -1.04. The SMILES string of the molecule is CCOC(=O)CCNC(=O)C(c1c(C)cccc1C)N(C(=O)C(CS)NC(=O)OC(C)(C)C)C(C)(C)C. The summed E-state index contributed by atoms with van der Waals surface area (Å²) >= 11 is 4.31. The van der Waals surface area contributed by atoms with Crippen molar-refractivity contribution in [1.82, 2.24) is 15.5 Å². The number of carbonyl (C=O) groups is 4. The van der Waals surface area contributed by atoms with E-state index in [-0.39, 0.29) is 25.3 Å². The van der Waals surface area contributed by atoms with Crippen LogP contribution in [0, 0.1) is 13.8 Å². The van der Waals surface area contributed by atoms with E-state index in [0.717, 1.165) is 11.1 Å². The molecule has 0 aromatic heterocycles. The summed E-state index contributed by atoms with van der Waals surface area (Å²) < 4.78 is 10.3. The number of aryl methyl sites for hydroxylation is 2. The average molecular weight is 538 g/mol. The van der Waals surface area contributed by atoms with Gasteiger partial charge in [0.15, 0.2) is 0 Å². The van der Waals surface area contributed by atoms with Crippen LogP contribution in [-0.2, 0) is 23.9 Å². The molecular weight excluding hydrogens is 494 g/mol. The quantitative estimate of drug-likeness (QED) is 0.309. The van der Waals surface area contributed by atoms with Gasteiger partial charge in [0.2, 0.25) is 11.8 Å². The van der Waals surface area contributed by atoms with Gasteiger partial charge in [0.25, 0.3) is 0 Å². The lowest BCUT2D eigenvalue weighted by Gasteiger charge is -2.43. The summed E-state index contributed by atoms with van der Waals surface area (Å²) in [4.78, 5) is 53.5. The van der Waals surface area contributed by atoms with Gasteiger partial charge < -0.3 is 25.0 Å². The van der Waals surface area contributed by atoms with Crippen LogP contribution in [0.3, 0.4) is 0 Å². The van der Waals surface area contributed by atoms with Crippen molar-refractivity contribution in [2.24, 2.45) is 0 Å². The number of esters is 1. The molecule has 10 heteroatoms. The first kappa shape index (κ1) is 32.3. The normalized spacial score (nSPS) is 13.2. The van der Waals surface area contributed by atoms with E-state index in [0.29, 0.717) is 5.56 Å². The Labute approximate surface area is 226 Å². The predicted molar refractivity (Wildman–Crippen MR) is 147 cm³/mol. The number of nitrogens with zero attached hydrogens (tertiary/aromatic N) is 1. The fourth-order valence-corrected chi connectivity index (χ4v) is 4.15.